The van der Waals surface area contributed by atoms with Crippen LogP contribution in [0.4, 0.5) is 5.69 Å². The molecule has 0 amide bonds. The maximum absolute atomic E-state index is 6.18. The highest BCUT2D eigenvalue weighted by Crippen LogP contribution is 2.31. The Hall–Kier alpha value is -1.70. The third-order valence-corrected chi connectivity index (χ3v) is 3.18. The molecule has 1 atom stereocenters. The van der Waals surface area contributed by atoms with Gasteiger partial charge in [0, 0.05) is 19.9 Å². The summed E-state index contributed by atoms with van der Waals surface area (Å²) in [7, 11) is 3.22. The van der Waals surface area contributed by atoms with E-state index in [1.165, 1.54) is 0 Å². The number of tetrazole rings is 1. The first-order chi connectivity index (χ1) is 9.67. The fourth-order valence-corrected chi connectivity index (χ4v) is 2.12. The molecule has 0 bridgehead atoms. The van der Waals surface area contributed by atoms with Crippen molar-refractivity contribution in [3.63, 3.8) is 0 Å². The van der Waals surface area contributed by atoms with Crippen molar-refractivity contribution in [2.75, 3.05) is 26.6 Å². The van der Waals surface area contributed by atoms with E-state index in [2.05, 4.69) is 15.5 Å². The second kappa shape index (κ2) is 6.65. The number of nitrogens with two attached hydrogens (primary N) is 1. The van der Waals surface area contributed by atoms with Crippen molar-refractivity contribution in [3.05, 3.63) is 23.2 Å². The van der Waals surface area contributed by atoms with Gasteiger partial charge in [-0.05, 0) is 22.6 Å². The van der Waals surface area contributed by atoms with Crippen molar-refractivity contribution < 1.29 is 9.47 Å². The van der Waals surface area contributed by atoms with Gasteiger partial charge in [0.05, 0.1) is 23.7 Å². The Morgan fingerprint density at radius 3 is 2.85 bits per heavy atom. The Morgan fingerprint density at radius 1 is 1.40 bits per heavy atom. The molecule has 0 aliphatic rings. The molecule has 2 rings (SSSR count). The van der Waals surface area contributed by atoms with E-state index < -0.39 is 0 Å². The van der Waals surface area contributed by atoms with Crippen LogP contribution in [0.1, 0.15) is 0 Å². The van der Waals surface area contributed by atoms with Crippen LogP contribution >= 0.6 is 11.6 Å². The van der Waals surface area contributed by atoms with Crippen LogP contribution in [0.25, 0.3) is 11.4 Å². The smallest absolute Gasteiger partial charge is 0.185 e. The van der Waals surface area contributed by atoms with E-state index in [-0.39, 0.29) is 6.10 Å². The number of anilines is 1. The van der Waals surface area contributed by atoms with Gasteiger partial charge < -0.3 is 15.2 Å². The molecule has 2 aromatic rings. The molecule has 0 aliphatic heterocycles. The number of hydrogen-bond donors (Lipinski definition) is 1. The predicted molar refractivity (Wildman–Crippen MR) is 75.3 cm³/mol. The molecule has 20 heavy (non-hydrogen) atoms. The number of nitrogens with zero attached hydrogens (tertiary/aromatic N) is 4. The highest BCUT2D eigenvalue weighted by Gasteiger charge is 2.18. The van der Waals surface area contributed by atoms with Crippen molar-refractivity contribution in [1.82, 2.24) is 20.2 Å². The maximum atomic E-state index is 6.18. The first-order valence-electron chi connectivity index (χ1n) is 5.99. The van der Waals surface area contributed by atoms with Gasteiger partial charge in [0.2, 0.25) is 0 Å². The minimum atomic E-state index is -0.161. The van der Waals surface area contributed by atoms with Crippen LogP contribution in [0.15, 0.2) is 18.2 Å². The molecule has 8 heteroatoms. The number of nitrogen functional groups attached to an aromatic ring is 1. The third-order valence-electron chi connectivity index (χ3n) is 2.86. The molecule has 0 fully saturated rings. The first kappa shape index (κ1) is 14.7. The number of rotatable bonds is 6. The summed E-state index contributed by atoms with van der Waals surface area (Å²) >= 11 is 6.18. The van der Waals surface area contributed by atoms with E-state index in [1.54, 1.807) is 37.1 Å². The third kappa shape index (κ3) is 3.06. The van der Waals surface area contributed by atoms with Gasteiger partial charge in [0.1, 0.15) is 6.10 Å². The van der Waals surface area contributed by atoms with Crippen LogP contribution in [0.5, 0.6) is 0 Å². The zero-order valence-electron chi connectivity index (χ0n) is 11.3. The van der Waals surface area contributed by atoms with Gasteiger partial charge in [0.15, 0.2) is 5.82 Å². The van der Waals surface area contributed by atoms with Crippen LogP contribution in [0.3, 0.4) is 0 Å². The van der Waals surface area contributed by atoms with E-state index in [4.69, 9.17) is 26.8 Å². The standard InChI is InChI=1S/C12H16ClN5O2/c1-19-7-8(20-2)6-18-12(15-16-17-18)11-9(13)4-3-5-10(11)14/h3-5,8H,6-7,14H2,1-2H3. The minimum absolute atomic E-state index is 0.161. The van der Waals surface area contributed by atoms with Crippen molar-refractivity contribution in [3.8, 4) is 11.4 Å². The van der Waals surface area contributed by atoms with Gasteiger partial charge in [0.25, 0.3) is 0 Å². The first-order valence-corrected chi connectivity index (χ1v) is 6.37. The number of aromatic nitrogens is 4. The van der Waals surface area contributed by atoms with Gasteiger partial charge in [-0.3, -0.25) is 0 Å². The molecule has 0 spiro atoms. The number of methoxy groups -OCH3 is 2. The second-order valence-corrected chi connectivity index (χ2v) is 4.61. The molecule has 1 aromatic carbocycles. The summed E-state index contributed by atoms with van der Waals surface area (Å²) in [6.45, 7) is 0.880. The van der Waals surface area contributed by atoms with Crippen LogP contribution in [0.2, 0.25) is 5.02 Å². The van der Waals surface area contributed by atoms with Gasteiger partial charge in [-0.2, -0.15) is 0 Å². The monoisotopic (exact) mass is 297 g/mol. The zero-order valence-corrected chi connectivity index (χ0v) is 12.0. The molecule has 0 aliphatic carbocycles. The number of ether oxygens (including phenoxy) is 2. The minimum Gasteiger partial charge on any atom is -0.398 e. The fraction of sp³-hybridized carbons (Fsp3) is 0.417. The summed E-state index contributed by atoms with van der Waals surface area (Å²) in [5.41, 5.74) is 7.09. The van der Waals surface area contributed by atoms with Gasteiger partial charge in [-0.25, -0.2) is 4.68 Å². The van der Waals surface area contributed by atoms with Crippen molar-refractivity contribution in [2.24, 2.45) is 0 Å². The maximum Gasteiger partial charge on any atom is 0.185 e. The summed E-state index contributed by atoms with van der Waals surface area (Å²) < 4.78 is 12.0. The Labute approximate surface area is 121 Å². The number of hydrogen-bond acceptors (Lipinski definition) is 6. The van der Waals surface area contributed by atoms with Crippen molar-refractivity contribution in [1.29, 1.82) is 0 Å². The number of halogens is 1. The molecule has 1 heterocycles. The topological polar surface area (TPSA) is 88.1 Å². The lowest BCUT2D eigenvalue weighted by molar-refractivity contribution is 0.0163. The predicted octanol–water partition coefficient (Wildman–Crippen LogP) is 1.24. The largest absolute Gasteiger partial charge is 0.398 e. The van der Waals surface area contributed by atoms with Crippen LogP contribution < -0.4 is 5.73 Å². The van der Waals surface area contributed by atoms with Crippen LogP contribution in [-0.4, -0.2) is 47.1 Å². The molecule has 0 saturated heterocycles. The van der Waals surface area contributed by atoms with Crippen molar-refractivity contribution in [2.45, 2.75) is 12.6 Å². The van der Waals surface area contributed by atoms with E-state index in [9.17, 15) is 0 Å². The lowest BCUT2D eigenvalue weighted by atomic mass is 10.1. The molecule has 0 radical (unpaired) electrons. The Bertz CT molecular complexity index is 554. The summed E-state index contributed by atoms with van der Waals surface area (Å²) in [5, 5.41) is 12.1. The summed E-state index contributed by atoms with van der Waals surface area (Å²) in [6, 6.07) is 5.27. The molecule has 1 unspecified atom stereocenters. The van der Waals surface area contributed by atoms with Gasteiger partial charge >= 0.3 is 0 Å². The molecule has 108 valence electrons. The van der Waals surface area contributed by atoms with E-state index in [0.717, 1.165) is 0 Å². The number of benzene rings is 1. The molecule has 7 nitrogen and oxygen atoms in total. The lowest BCUT2D eigenvalue weighted by Crippen LogP contribution is -2.25. The van der Waals surface area contributed by atoms with Crippen molar-refractivity contribution >= 4 is 17.3 Å². The Kier molecular flexibility index (Phi) is 4.89. The average Bonchev–Trinajstić information content (AvgIpc) is 2.86. The van der Waals surface area contributed by atoms with E-state index in [0.29, 0.717) is 35.2 Å². The highest BCUT2D eigenvalue weighted by atomic mass is 35.5. The summed E-state index contributed by atoms with van der Waals surface area (Å²) in [5.74, 6) is 0.506. The molecule has 0 saturated carbocycles. The molecular formula is C12H16ClN5O2. The lowest BCUT2D eigenvalue weighted by Gasteiger charge is -2.15. The van der Waals surface area contributed by atoms with Gasteiger partial charge in [-0.15, -0.1) is 5.10 Å². The summed E-state index contributed by atoms with van der Waals surface area (Å²) in [4.78, 5) is 0. The average molecular weight is 298 g/mol. The van der Waals surface area contributed by atoms with Crippen LogP contribution in [-0.2, 0) is 16.0 Å². The van der Waals surface area contributed by atoms with E-state index in [1.807, 2.05) is 0 Å². The zero-order chi connectivity index (χ0) is 14.5. The highest BCUT2D eigenvalue weighted by molar-refractivity contribution is 6.33. The molecule has 2 N–H and O–H groups in total. The van der Waals surface area contributed by atoms with Crippen LogP contribution in [0, 0.1) is 0 Å². The van der Waals surface area contributed by atoms with Gasteiger partial charge in [-0.1, -0.05) is 17.7 Å². The quantitative estimate of drug-likeness (QED) is 0.807. The molecular weight excluding hydrogens is 282 g/mol. The Morgan fingerprint density at radius 2 is 2.20 bits per heavy atom. The van der Waals surface area contributed by atoms with E-state index >= 15 is 0 Å². The fourth-order valence-electron chi connectivity index (χ4n) is 1.86. The molecule has 1 aromatic heterocycles. The summed E-state index contributed by atoms with van der Waals surface area (Å²) in [6.07, 6.45) is -0.161. The SMILES string of the molecule is COCC(Cn1nnnc1-c1c(N)cccc1Cl)OC. The normalized spacial score (nSPS) is 12.6. The second-order valence-electron chi connectivity index (χ2n) is 4.20. The Balaban J connectivity index is 2.33.